The minimum Gasteiger partial charge on any atom is -0.435 e. The number of aromatic nitrogens is 3. The van der Waals surface area contributed by atoms with Crippen LogP contribution in [0.25, 0.3) is 22.5 Å². The summed E-state index contributed by atoms with van der Waals surface area (Å²) in [6.07, 6.45) is 6.49. The molecule has 4 nitrogen and oxygen atoms in total. The van der Waals surface area contributed by atoms with Crippen molar-refractivity contribution < 1.29 is 13.5 Å². The topological polar surface area (TPSA) is 47.9 Å². The van der Waals surface area contributed by atoms with Crippen LogP contribution in [0.4, 0.5) is 8.78 Å². The molecule has 0 aliphatic rings. The fourth-order valence-corrected chi connectivity index (χ4v) is 2.00. The van der Waals surface area contributed by atoms with Gasteiger partial charge >= 0.3 is 6.61 Å². The van der Waals surface area contributed by atoms with E-state index < -0.39 is 6.61 Å². The van der Waals surface area contributed by atoms with Crippen LogP contribution in [0.15, 0.2) is 61.2 Å². The molecule has 0 amide bonds. The van der Waals surface area contributed by atoms with E-state index in [1.807, 2.05) is 0 Å². The van der Waals surface area contributed by atoms with Gasteiger partial charge in [-0.15, -0.1) is 0 Å². The Balaban J connectivity index is 2.10. The van der Waals surface area contributed by atoms with Gasteiger partial charge in [0.15, 0.2) is 0 Å². The standard InChI is InChI=1S/C16H11F2N3O/c17-16(18)22-13-7-14(11-3-1-5-19-9-11)21-15(8-13)12-4-2-6-20-10-12/h1-10,16H. The Hall–Kier alpha value is -2.89. The molecule has 0 spiro atoms. The third-order valence-corrected chi connectivity index (χ3v) is 2.94. The highest BCUT2D eigenvalue weighted by molar-refractivity contribution is 5.67. The lowest BCUT2D eigenvalue weighted by atomic mass is 10.1. The summed E-state index contributed by atoms with van der Waals surface area (Å²) in [7, 11) is 0. The van der Waals surface area contributed by atoms with Crippen LogP contribution >= 0.6 is 0 Å². The van der Waals surface area contributed by atoms with Crippen molar-refractivity contribution in [3.63, 3.8) is 0 Å². The van der Waals surface area contributed by atoms with Gasteiger partial charge in [-0.2, -0.15) is 8.78 Å². The van der Waals surface area contributed by atoms with Crippen molar-refractivity contribution in [1.29, 1.82) is 0 Å². The predicted octanol–water partition coefficient (Wildman–Crippen LogP) is 3.81. The van der Waals surface area contributed by atoms with Crippen molar-refractivity contribution in [1.82, 2.24) is 15.0 Å². The number of hydrogen-bond acceptors (Lipinski definition) is 4. The number of pyridine rings is 3. The van der Waals surface area contributed by atoms with Crippen molar-refractivity contribution in [2.45, 2.75) is 6.61 Å². The second kappa shape index (κ2) is 6.26. The summed E-state index contributed by atoms with van der Waals surface area (Å²) < 4.78 is 29.6. The molecule has 110 valence electrons. The van der Waals surface area contributed by atoms with Gasteiger partial charge in [-0.1, -0.05) is 0 Å². The van der Waals surface area contributed by atoms with Crippen molar-refractivity contribution in [2.24, 2.45) is 0 Å². The largest absolute Gasteiger partial charge is 0.435 e. The zero-order valence-corrected chi connectivity index (χ0v) is 11.4. The van der Waals surface area contributed by atoms with E-state index in [2.05, 4.69) is 19.7 Å². The molecule has 0 aromatic carbocycles. The summed E-state index contributed by atoms with van der Waals surface area (Å²) in [5, 5.41) is 0. The number of nitrogens with zero attached hydrogens (tertiary/aromatic N) is 3. The van der Waals surface area contributed by atoms with E-state index in [0.717, 1.165) is 0 Å². The molecule has 3 aromatic rings. The minimum absolute atomic E-state index is 0.0442. The Morgan fingerprint density at radius 3 is 1.82 bits per heavy atom. The first-order chi connectivity index (χ1) is 10.7. The van der Waals surface area contributed by atoms with Gasteiger partial charge in [-0.25, -0.2) is 4.98 Å². The van der Waals surface area contributed by atoms with Gasteiger partial charge in [-0.3, -0.25) is 9.97 Å². The summed E-state index contributed by atoms with van der Waals surface area (Å²) in [6.45, 7) is -2.90. The lowest BCUT2D eigenvalue weighted by Crippen LogP contribution is -2.03. The molecule has 0 unspecified atom stereocenters. The lowest BCUT2D eigenvalue weighted by Gasteiger charge is -2.10. The molecule has 0 radical (unpaired) electrons. The van der Waals surface area contributed by atoms with Crippen LogP contribution in [-0.2, 0) is 0 Å². The third kappa shape index (κ3) is 3.22. The van der Waals surface area contributed by atoms with Gasteiger partial charge in [0, 0.05) is 48.0 Å². The van der Waals surface area contributed by atoms with E-state index in [1.165, 1.54) is 12.1 Å². The van der Waals surface area contributed by atoms with Crippen molar-refractivity contribution in [3.05, 3.63) is 61.2 Å². The van der Waals surface area contributed by atoms with Crippen LogP contribution in [0.5, 0.6) is 5.75 Å². The van der Waals surface area contributed by atoms with E-state index in [4.69, 9.17) is 0 Å². The van der Waals surface area contributed by atoms with Crippen molar-refractivity contribution in [3.8, 4) is 28.3 Å². The van der Waals surface area contributed by atoms with Crippen LogP contribution in [0.2, 0.25) is 0 Å². The van der Waals surface area contributed by atoms with Crippen LogP contribution in [0.3, 0.4) is 0 Å². The average Bonchev–Trinajstić information content (AvgIpc) is 2.55. The smallest absolute Gasteiger partial charge is 0.387 e. The Kier molecular flexibility index (Phi) is 4.00. The van der Waals surface area contributed by atoms with Crippen LogP contribution < -0.4 is 4.74 Å². The Morgan fingerprint density at radius 1 is 0.864 bits per heavy atom. The molecular weight excluding hydrogens is 288 g/mol. The number of halogens is 2. The van der Waals surface area contributed by atoms with E-state index in [1.54, 1.807) is 49.1 Å². The highest BCUT2D eigenvalue weighted by atomic mass is 19.3. The fraction of sp³-hybridized carbons (Fsp3) is 0.0625. The molecule has 0 N–H and O–H groups in total. The monoisotopic (exact) mass is 299 g/mol. The quantitative estimate of drug-likeness (QED) is 0.735. The van der Waals surface area contributed by atoms with Crippen molar-refractivity contribution in [2.75, 3.05) is 0 Å². The molecule has 0 saturated heterocycles. The normalized spacial score (nSPS) is 10.7. The van der Waals surface area contributed by atoms with Crippen LogP contribution in [0.1, 0.15) is 0 Å². The Labute approximate surface area is 125 Å². The zero-order valence-electron chi connectivity index (χ0n) is 11.4. The summed E-state index contributed by atoms with van der Waals surface area (Å²) in [6, 6.07) is 10.0. The Morgan fingerprint density at radius 2 is 1.41 bits per heavy atom. The molecule has 0 fully saturated rings. The molecule has 22 heavy (non-hydrogen) atoms. The first-order valence-corrected chi connectivity index (χ1v) is 6.50. The molecule has 0 aliphatic carbocycles. The molecule has 3 heterocycles. The maximum absolute atomic E-state index is 12.5. The fourth-order valence-electron chi connectivity index (χ4n) is 2.00. The number of ether oxygens (including phenoxy) is 1. The molecule has 0 saturated carbocycles. The van der Waals surface area contributed by atoms with Gasteiger partial charge in [-0.05, 0) is 24.3 Å². The molecule has 3 rings (SSSR count). The third-order valence-electron chi connectivity index (χ3n) is 2.94. The lowest BCUT2D eigenvalue weighted by molar-refractivity contribution is -0.0498. The average molecular weight is 299 g/mol. The van der Waals surface area contributed by atoms with Gasteiger partial charge in [0.1, 0.15) is 5.75 Å². The number of alkyl halides is 2. The highest BCUT2D eigenvalue weighted by Crippen LogP contribution is 2.28. The second-order valence-corrected chi connectivity index (χ2v) is 4.44. The van der Waals surface area contributed by atoms with E-state index in [0.29, 0.717) is 22.5 Å². The Bertz CT molecular complexity index is 694. The molecule has 6 heteroatoms. The summed E-state index contributed by atoms with van der Waals surface area (Å²) >= 11 is 0. The summed E-state index contributed by atoms with van der Waals surface area (Å²) in [5.41, 5.74) is 2.44. The van der Waals surface area contributed by atoms with Gasteiger partial charge in [0.2, 0.25) is 0 Å². The van der Waals surface area contributed by atoms with Crippen LogP contribution in [-0.4, -0.2) is 21.6 Å². The zero-order chi connectivity index (χ0) is 15.4. The van der Waals surface area contributed by atoms with E-state index >= 15 is 0 Å². The van der Waals surface area contributed by atoms with E-state index in [-0.39, 0.29) is 5.75 Å². The van der Waals surface area contributed by atoms with Gasteiger partial charge < -0.3 is 4.74 Å². The molecule has 0 atom stereocenters. The maximum atomic E-state index is 12.5. The number of hydrogen-bond donors (Lipinski definition) is 0. The molecule has 0 bridgehead atoms. The minimum atomic E-state index is -2.90. The number of rotatable bonds is 4. The predicted molar refractivity (Wildman–Crippen MR) is 77.3 cm³/mol. The van der Waals surface area contributed by atoms with Crippen molar-refractivity contribution >= 4 is 0 Å². The van der Waals surface area contributed by atoms with E-state index in [9.17, 15) is 8.78 Å². The maximum Gasteiger partial charge on any atom is 0.387 e. The van der Waals surface area contributed by atoms with Gasteiger partial charge in [0.25, 0.3) is 0 Å². The highest BCUT2D eigenvalue weighted by Gasteiger charge is 2.11. The SMILES string of the molecule is FC(F)Oc1cc(-c2cccnc2)nc(-c2cccnc2)c1. The molecule has 3 aromatic heterocycles. The summed E-state index contributed by atoms with van der Waals surface area (Å²) in [4.78, 5) is 12.5. The van der Waals surface area contributed by atoms with Gasteiger partial charge in [0.05, 0.1) is 11.4 Å². The molecular formula is C16H11F2N3O. The first-order valence-electron chi connectivity index (χ1n) is 6.50. The summed E-state index contributed by atoms with van der Waals surface area (Å²) in [5.74, 6) is 0.0442. The van der Waals surface area contributed by atoms with Crippen LogP contribution in [0, 0.1) is 0 Å². The first kappa shape index (κ1) is 14.1. The second-order valence-electron chi connectivity index (χ2n) is 4.44. The molecule has 0 aliphatic heterocycles.